The highest BCUT2D eigenvalue weighted by Crippen LogP contribution is 2.36. The average Bonchev–Trinajstić information content (AvgIpc) is 2.98. The number of nitrogens with one attached hydrogen (secondary N) is 1. The van der Waals surface area contributed by atoms with Gasteiger partial charge in [0.2, 0.25) is 0 Å². The van der Waals surface area contributed by atoms with Crippen LogP contribution in [-0.4, -0.2) is 10.5 Å². The lowest BCUT2D eigenvalue weighted by Crippen LogP contribution is -2.03. The second kappa shape index (κ2) is 4.75. The molecule has 4 rings (SSSR count). The van der Waals surface area contributed by atoms with Gasteiger partial charge in [0.15, 0.2) is 0 Å². The second-order valence-electron chi connectivity index (χ2n) is 5.34. The molecule has 0 unspecified atom stereocenters. The fourth-order valence-electron chi connectivity index (χ4n) is 2.96. The number of rotatable bonds is 1. The molecule has 108 valence electrons. The Morgan fingerprint density at radius 3 is 2.68 bits per heavy atom. The van der Waals surface area contributed by atoms with E-state index in [4.69, 9.17) is 11.6 Å². The smallest absolute Gasteiger partial charge is 0.256 e. The minimum Gasteiger partial charge on any atom is -0.334 e. The maximum absolute atomic E-state index is 12.3. The predicted molar refractivity (Wildman–Crippen MR) is 90.9 cm³/mol. The maximum atomic E-state index is 12.3. The van der Waals surface area contributed by atoms with Crippen molar-refractivity contribution in [3.05, 3.63) is 64.8 Å². The largest absolute Gasteiger partial charge is 0.334 e. The maximum Gasteiger partial charge on any atom is 0.256 e. The molecule has 0 spiro atoms. The quantitative estimate of drug-likeness (QED) is 0.667. The SMILES string of the molecule is Cn1c(Cl)c(/C=C2\C(=O)Nc3ccccc32)c2ccccc21. The minimum atomic E-state index is -0.0924. The molecule has 1 N–H and O–H groups in total. The Hall–Kier alpha value is -2.52. The third-order valence-electron chi connectivity index (χ3n) is 4.07. The summed E-state index contributed by atoms with van der Waals surface area (Å²) in [6, 6.07) is 15.7. The number of nitrogens with zero attached hydrogens (tertiary/aromatic N) is 1. The Labute approximate surface area is 132 Å². The summed E-state index contributed by atoms with van der Waals surface area (Å²) in [6.45, 7) is 0. The van der Waals surface area contributed by atoms with E-state index in [0.29, 0.717) is 10.7 Å². The fraction of sp³-hybridized carbons (Fsp3) is 0.0556. The van der Waals surface area contributed by atoms with Crippen LogP contribution >= 0.6 is 11.6 Å². The molecule has 22 heavy (non-hydrogen) atoms. The number of anilines is 1. The Balaban J connectivity index is 1.98. The van der Waals surface area contributed by atoms with Gasteiger partial charge in [-0.05, 0) is 18.2 Å². The molecular weight excluding hydrogens is 296 g/mol. The second-order valence-corrected chi connectivity index (χ2v) is 5.70. The number of para-hydroxylation sites is 2. The van der Waals surface area contributed by atoms with E-state index in [0.717, 1.165) is 27.7 Å². The van der Waals surface area contributed by atoms with Crippen molar-refractivity contribution in [3.8, 4) is 0 Å². The van der Waals surface area contributed by atoms with Gasteiger partial charge in [-0.15, -0.1) is 0 Å². The van der Waals surface area contributed by atoms with Crippen LogP contribution in [0.2, 0.25) is 5.15 Å². The van der Waals surface area contributed by atoms with Crippen LogP contribution in [0.15, 0.2) is 48.5 Å². The van der Waals surface area contributed by atoms with E-state index in [2.05, 4.69) is 5.32 Å². The highest BCUT2D eigenvalue weighted by molar-refractivity contribution is 6.38. The Morgan fingerprint density at radius 2 is 1.82 bits per heavy atom. The summed E-state index contributed by atoms with van der Waals surface area (Å²) in [6.07, 6.45) is 1.88. The molecule has 2 heterocycles. The van der Waals surface area contributed by atoms with Crippen molar-refractivity contribution in [1.29, 1.82) is 0 Å². The van der Waals surface area contributed by atoms with E-state index < -0.39 is 0 Å². The minimum absolute atomic E-state index is 0.0924. The molecule has 0 saturated heterocycles. The van der Waals surface area contributed by atoms with E-state index in [1.54, 1.807) is 0 Å². The average molecular weight is 309 g/mol. The number of carbonyl (C=O) groups excluding carboxylic acids is 1. The Bertz CT molecular complexity index is 953. The van der Waals surface area contributed by atoms with Crippen LogP contribution in [0, 0.1) is 0 Å². The summed E-state index contributed by atoms with van der Waals surface area (Å²) in [7, 11) is 1.93. The zero-order valence-electron chi connectivity index (χ0n) is 11.9. The molecule has 3 aromatic rings. The number of aryl methyl sites for hydroxylation is 1. The third kappa shape index (κ3) is 1.79. The number of halogens is 1. The molecule has 0 saturated carbocycles. The van der Waals surface area contributed by atoms with Gasteiger partial charge in [-0.25, -0.2) is 0 Å². The first-order chi connectivity index (χ1) is 10.7. The lowest BCUT2D eigenvalue weighted by molar-refractivity contribution is -0.110. The molecule has 1 aliphatic heterocycles. The number of hydrogen-bond donors (Lipinski definition) is 1. The highest BCUT2D eigenvalue weighted by atomic mass is 35.5. The molecule has 1 aromatic heterocycles. The predicted octanol–water partition coefficient (Wildman–Crippen LogP) is 4.32. The van der Waals surface area contributed by atoms with Crippen molar-refractivity contribution in [1.82, 2.24) is 4.57 Å². The Kier molecular flexibility index (Phi) is 2.84. The number of fused-ring (bicyclic) bond motifs is 2. The van der Waals surface area contributed by atoms with Crippen LogP contribution in [0.4, 0.5) is 5.69 Å². The number of carbonyl (C=O) groups is 1. The van der Waals surface area contributed by atoms with Crippen LogP contribution in [0.5, 0.6) is 0 Å². The van der Waals surface area contributed by atoms with E-state index >= 15 is 0 Å². The first kappa shape index (κ1) is 13.2. The van der Waals surface area contributed by atoms with Crippen molar-refractivity contribution in [3.63, 3.8) is 0 Å². The molecular formula is C18H13ClN2O. The zero-order chi connectivity index (χ0) is 15.3. The van der Waals surface area contributed by atoms with Gasteiger partial charge < -0.3 is 9.88 Å². The van der Waals surface area contributed by atoms with Crippen molar-refractivity contribution in [2.45, 2.75) is 0 Å². The lowest BCUT2D eigenvalue weighted by atomic mass is 10.0. The first-order valence-electron chi connectivity index (χ1n) is 7.02. The molecule has 0 bridgehead atoms. The van der Waals surface area contributed by atoms with E-state index in [-0.39, 0.29) is 5.91 Å². The molecule has 3 nitrogen and oxygen atoms in total. The number of benzene rings is 2. The van der Waals surface area contributed by atoms with Gasteiger partial charge in [-0.3, -0.25) is 4.79 Å². The summed E-state index contributed by atoms with van der Waals surface area (Å²) in [5.74, 6) is -0.0924. The van der Waals surface area contributed by atoms with Gasteiger partial charge in [0, 0.05) is 40.3 Å². The van der Waals surface area contributed by atoms with Crippen molar-refractivity contribution >= 4 is 45.7 Å². The lowest BCUT2D eigenvalue weighted by Gasteiger charge is -1.98. The molecule has 0 atom stereocenters. The normalized spacial score (nSPS) is 15.4. The highest BCUT2D eigenvalue weighted by Gasteiger charge is 2.24. The van der Waals surface area contributed by atoms with Crippen LogP contribution in [0.3, 0.4) is 0 Å². The molecule has 2 aromatic carbocycles. The molecule has 0 aliphatic carbocycles. The number of amides is 1. The molecule has 1 amide bonds. The van der Waals surface area contributed by atoms with Crippen LogP contribution in [-0.2, 0) is 11.8 Å². The summed E-state index contributed by atoms with van der Waals surface area (Å²) >= 11 is 6.48. The molecule has 1 aliphatic rings. The van der Waals surface area contributed by atoms with Crippen molar-refractivity contribution in [2.24, 2.45) is 7.05 Å². The topological polar surface area (TPSA) is 34.0 Å². The van der Waals surface area contributed by atoms with Crippen molar-refractivity contribution < 1.29 is 4.79 Å². The summed E-state index contributed by atoms with van der Waals surface area (Å²) in [4.78, 5) is 12.3. The van der Waals surface area contributed by atoms with Crippen LogP contribution in [0.25, 0.3) is 22.6 Å². The van der Waals surface area contributed by atoms with Crippen LogP contribution < -0.4 is 5.32 Å². The third-order valence-corrected chi connectivity index (χ3v) is 4.53. The van der Waals surface area contributed by atoms with E-state index in [1.807, 2.05) is 66.2 Å². The van der Waals surface area contributed by atoms with E-state index in [1.165, 1.54) is 0 Å². The zero-order valence-corrected chi connectivity index (χ0v) is 12.7. The number of aromatic nitrogens is 1. The van der Waals surface area contributed by atoms with Gasteiger partial charge in [0.25, 0.3) is 5.91 Å². The van der Waals surface area contributed by atoms with Gasteiger partial charge in [-0.2, -0.15) is 0 Å². The molecule has 4 heteroatoms. The fourth-order valence-corrected chi connectivity index (χ4v) is 3.20. The molecule has 0 radical (unpaired) electrons. The van der Waals surface area contributed by atoms with E-state index in [9.17, 15) is 4.79 Å². The standard InChI is InChI=1S/C18H13ClN2O/c1-21-16-9-5-3-7-12(16)13(17(21)19)10-14-11-6-2-4-8-15(11)20-18(14)22/h2-10H,1H3,(H,20,22)/b14-10-. The Morgan fingerprint density at radius 1 is 1.09 bits per heavy atom. The van der Waals surface area contributed by atoms with Gasteiger partial charge >= 0.3 is 0 Å². The number of hydrogen-bond acceptors (Lipinski definition) is 1. The monoisotopic (exact) mass is 308 g/mol. The summed E-state index contributed by atoms with van der Waals surface area (Å²) < 4.78 is 1.93. The van der Waals surface area contributed by atoms with Gasteiger partial charge in [0.05, 0.1) is 0 Å². The van der Waals surface area contributed by atoms with Gasteiger partial charge in [-0.1, -0.05) is 48.0 Å². The van der Waals surface area contributed by atoms with Crippen molar-refractivity contribution in [2.75, 3.05) is 5.32 Å². The first-order valence-corrected chi connectivity index (χ1v) is 7.40. The molecule has 0 fully saturated rings. The summed E-state index contributed by atoms with van der Waals surface area (Å²) in [5.41, 5.74) is 4.33. The van der Waals surface area contributed by atoms with Crippen LogP contribution in [0.1, 0.15) is 11.1 Å². The van der Waals surface area contributed by atoms with Gasteiger partial charge in [0.1, 0.15) is 5.15 Å². The summed E-state index contributed by atoms with van der Waals surface area (Å²) in [5, 5.41) is 4.56.